The third-order valence-electron chi connectivity index (χ3n) is 4.51. The highest BCUT2D eigenvalue weighted by Crippen LogP contribution is 2.16. The van der Waals surface area contributed by atoms with Crippen molar-refractivity contribution in [3.05, 3.63) is 58.6 Å². The second kappa shape index (κ2) is 9.59. The number of nitrogens with zero attached hydrogens (tertiary/aromatic N) is 2. The Labute approximate surface area is 173 Å². The Kier molecular flexibility index (Phi) is 6.92. The Morgan fingerprint density at radius 2 is 1.39 bits per heavy atom. The summed E-state index contributed by atoms with van der Waals surface area (Å²) >= 11 is 3.36. The van der Waals surface area contributed by atoms with Crippen LogP contribution in [-0.4, -0.2) is 61.0 Å². The molecular formula is C21H23BrN2O4. The molecule has 0 aromatic heterocycles. The molecule has 28 heavy (non-hydrogen) atoms. The van der Waals surface area contributed by atoms with E-state index in [-0.39, 0.29) is 25.0 Å². The lowest BCUT2D eigenvalue weighted by Gasteiger charge is -2.34. The van der Waals surface area contributed by atoms with Gasteiger partial charge in [-0.05, 0) is 48.9 Å². The number of hydrogen-bond acceptors (Lipinski definition) is 4. The number of halogens is 1. The molecule has 1 fully saturated rings. The number of piperazine rings is 1. The van der Waals surface area contributed by atoms with Crippen LogP contribution in [0.3, 0.4) is 0 Å². The summed E-state index contributed by atoms with van der Waals surface area (Å²) < 4.78 is 12.1. The van der Waals surface area contributed by atoms with Crippen molar-refractivity contribution in [1.29, 1.82) is 0 Å². The van der Waals surface area contributed by atoms with Crippen molar-refractivity contribution in [2.75, 3.05) is 39.4 Å². The minimum atomic E-state index is -0.0778. The van der Waals surface area contributed by atoms with Crippen LogP contribution in [0.15, 0.2) is 53.0 Å². The fraction of sp³-hybridized carbons (Fsp3) is 0.333. The van der Waals surface area contributed by atoms with Crippen LogP contribution in [0, 0.1) is 6.92 Å². The molecule has 7 heteroatoms. The van der Waals surface area contributed by atoms with E-state index in [0.717, 1.165) is 10.0 Å². The number of ether oxygens (including phenoxy) is 2. The summed E-state index contributed by atoms with van der Waals surface area (Å²) in [6.07, 6.45) is 0. The largest absolute Gasteiger partial charge is 0.484 e. The maximum Gasteiger partial charge on any atom is 0.260 e. The summed E-state index contributed by atoms with van der Waals surface area (Å²) in [4.78, 5) is 28.1. The first-order valence-electron chi connectivity index (χ1n) is 9.14. The average Bonchev–Trinajstić information content (AvgIpc) is 2.71. The second-order valence-electron chi connectivity index (χ2n) is 6.61. The molecule has 1 aliphatic rings. The monoisotopic (exact) mass is 446 g/mol. The minimum absolute atomic E-state index is 0.00405. The van der Waals surface area contributed by atoms with Gasteiger partial charge < -0.3 is 19.3 Å². The molecule has 2 aromatic carbocycles. The molecule has 0 bridgehead atoms. The van der Waals surface area contributed by atoms with E-state index in [4.69, 9.17) is 9.47 Å². The first-order chi connectivity index (χ1) is 13.5. The van der Waals surface area contributed by atoms with Crippen LogP contribution in [-0.2, 0) is 9.59 Å². The Morgan fingerprint density at radius 1 is 0.857 bits per heavy atom. The Bertz CT molecular complexity index is 817. The third kappa shape index (κ3) is 5.73. The highest BCUT2D eigenvalue weighted by molar-refractivity contribution is 9.10. The molecule has 0 atom stereocenters. The van der Waals surface area contributed by atoms with E-state index >= 15 is 0 Å². The summed E-state index contributed by atoms with van der Waals surface area (Å²) in [6, 6.07) is 15.0. The number of amides is 2. The van der Waals surface area contributed by atoms with Crippen LogP contribution < -0.4 is 9.47 Å². The molecule has 3 rings (SSSR count). The summed E-state index contributed by atoms with van der Waals surface area (Å²) in [5.41, 5.74) is 1.09. The molecule has 0 spiro atoms. The standard InChI is InChI=1S/C21H23BrN2O4/c1-16-3-2-4-19(13-16)28-15-21(26)24-11-9-23(10-12-24)20(25)14-27-18-7-5-17(22)6-8-18/h2-8,13H,9-12,14-15H2,1H3. The molecule has 148 valence electrons. The van der Waals surface area contributed by atoms with Gasteiger partial charge in [0.25, 0.3) is 11.8 Å². The van der Waals surface area contributed by atoms with Gasteiger partial charge in [-0.25, -0.2) is 0 Å². The second-order valence-corrected chi connectivity index (χ2v) is 7.53. The van der Waals surface area contributed by atoms with Crippen molar-refractivity contribution in [1.82, 2.24) is 9.80 Å². The lowest BCUT2D eigenvalue weighted by molar-refractivity contribution is -0.141. The summed E-state index contributed by atoms with van der Waals surface area (Å²) in [5.74, 6) is 1.19. The van der Waals surface area contributed by atoms with E-state index in [9.17, 15) is 9.59 Å². The van der Waals surface area contributed by atoms with E-state index in [1.165, 1.54) is 0 Å². The summed E-state index contributed by atoms with van der Waals surface area (Å²) in [6.45, 7) is 3.97. The van der Waals surface area contributed by atoms with Gasteiger partial charge in [0.1, 0.15) is 11.5 Å². The molecule has 2 amide bonds. The van der Waals surface area contributed by atoms with Crippen LogP contribution in [0.1, 0.15) is 5.56 Å². The summed E-state index contributed by atoms with van der Waals surface area (Å²) in [7, 11) is 0. The SMILES string of the molecule is Cc1cccc(OCC(=O)N2CCN(C(=O)COc3ccc(Br)cc3)CC2)c1. The van der Waals surface area contributed by atoms with Gasteiger partial charge >= 0.3 is 0 Å². The molecule has 2 aromatic rings. The maximum absolute atomic E-state index is 12.3. The number of benzene rings is 2. The highest BCUT2D eigenvalue weighted by atomic mass is 79.9. The molecule has 0 saturated carbocycles. The van der Waals surface area contributed by atoms with Gasteiger partial charge in [-0.3, -0.25) is 9.59 Å². The molecule has 1 heterocycles. The van der Waals surface area contributed by atoms with Crippen molar-refractivity contribution >= 4 is 27.7 Å². The summed E-state index contributed by atoms with van der Waals surface area (Å²) in [5, 5.41) is 0. The predicted molar refractivity (Wildman–Crippen MR) is 109 cm³/mol. The molecule has 1 aliphatic heterocycles. The molecule has 0 N–H and O–H groups in total. The zero-order valence-corrected chi connectivity index (χ0v) is 17.4. The van der Waals surface area contributed by atoms with Crippen LogP contribution in [0.4, 0.5) is 0 Å². The van der Waals surface area contributed by atoms with Crippen molar-refractivity contribution in [3.63, 3.8) is 0 Å². The molecule has 6 nitrogen and oxygen atoms in total. The fourth-order valence-corrected chi connectivity index (χ4v) is 3.18. The Balaban J connectivity index is 1.40. The maximum atomic E-state index is 12.3. The minimum Gasteiger partial charge on any atom is -0.484 e. The van der Waals surface area contributed by atoms with E-state index < -0.39 is 0 Å². The van der Waals surface area contributed by atoms with Gasteiger partial charge in [0.2, 0.25) is 0 Å². The topological polar surface area (TPSA) is 59.1 Å². The molecule has 0 unspecified atom stereocenters. The van der Waals surface area contributed by atoms with Crippen molar-refractivity contribution < 1.29 is 19.1 Å². The highest BCUT2D eigenvalue weighted by Gasteiger charge is 2.24. The smallest absolute Gasteiger partial charge is 0.260 e. The lowest BCUT2D eigenvalue weighted by atomic mass is 10.2. The van der Waals surface area contributed by atoms with Crippen molar-refractivity contribution in [2.24, 2.45) is 0 Å². The molecule has 1 saturated heterocycles. The first-order valence-corrected chi connectivity index (χ1v) is 9.94. The van der Waals surface area contributed by atoms with Crippen LogP contribution in [0.2, 0.25) is 0 Å². The first kappa shape index (κ1) is 20.2. The fourth-order valence-electron chi connectivity index (χ4n) is 2.91. The number of aryl methyl sites for hydroxylation is 1. The van der Waals surface area contributed by atoms with Gasteiger partial charge in [0.05, 0.1) is 0 Å². The quantitative estimate of drug-likeness (QED) is 0.684. The molecule has 0 aliphatic carbocycles. The number of rotatable bonds is 6. The average molecular weight is 447 g/mol. The van der Waals surface area contributed by atoms with Gasteiger partial charge in [-0.2, -0.15) is 0 Å². The van der Waals surface area contributed by atoms with E-state index in [1.54, 1.807) is 9.80 Å². The molecule has 0 radical (unpaired) electrons. The number of carbonyl (C=O) groups is 2. The van der Waals surface area contributed by atoms with Crippen LogP contribution >= 0.6 is 15.9 Å². The molecular weight excluding hydrogens is 424 g/mol. The van der Waals surface area contributed by atoms with E-state index in [2.05, 4.69) is 15.9 Å². The van der Waals surface area contributed by atoms with Gasteiger partial charge in [0.15, 0.2) is 13.2 Å². The van der Waals surface area contributed by atoms with Gasteiger partial charge in [0, 0.05) is 30.7 Å². The Hall–Kier alpha value is -2.54. The predicted octanol–water partition coefficient (Wildman–Crippen LogP) is 2.89. The van der Waals surface area contributed by atoms with Crippen LogP contribution in [0.5, 0.6) is 11.5 Å². The number of carbonyl (C=O) groups excluding carboxylic acids is 2. The zero-order chi connectivity index (χ0) is 19.9. The van der Waals surface area contributed by atoms with Gasteiger partial charge in [-0.1, -0.05) is 28.1 Å². The van der Waals surface area contributed by atoms with E-state index in [1.807, 2.05) is 55.5 Å². The van der Waals surface area contributed by atoms with Gasteiger partial charge in [-0.15, -0.1) is 0 Å². The normalized spacial score (nSPS) is 13.9. The van der Waals surface area contributed by atoms with E-state index in [0.29, 0.717) is 37.7 Å². The van der Waals surface area contributed by atoms with Crippen molar-refractivity contribution in [2.45, 2.75) is 6.92 Å². The lowest BCUT2D eigenvalue weighted by Crippen LogP contribution is -2.52. The number of hydrogen-bond donors (Lipinski definition) is 0. The Morgan fingerprint density at radius 3 is 1.93 bits per heavy atom. The van der Waals surface area contributed by atoms with Crippen molar-refractivity contribution in [3.8, 4) is 11.5 Å². The van der Waals surface area contributed by atoms with Crippen LogP contribution in [0.25, 0.3) is 0 Å². The zero-order valence-electron chi connectivity index (χ0n) is 15.8. The third-order valence-corrected chi connectivity index (χ3v) is 5.04.